The van der Waals surface area contributed by atoms with Crippen LogP contribution < -0.4 is 4.90 Å². The molecule has 2 unspecified atom stereocenters. The SMILES string of the molecule is C=C(/C=C/C=C/C=C/C=C1/N(CCOC)c2ccc(S(=O)(=O)O)cc2C1(C)CCCS(=O)(=O)O)C(C)(CCCS(=O)(=O)O)c1cc(S(=O)(=O)O)ccc1C. The first-order chi connectivity index (χ1) is 24.8. The van der Waals surface area contributed by atoms with Crippen LogP contribution in [0.2, 0.25) is 0 Å². The average Bonchev–Trinajstić information content (AvgIpc) is 3.27. The van der Waals surface area contributed by atoms with Gasteiger partial charge in [0.2, 0.25) is 0 Å². The number of nitrogens with zero attached hydrogens (tertiary/aromatic N) is 1. The molecule has 0 aromatic heterocycles. The summed E-state index contributed by atoms with van der Waals surface area (Å²) in [6.45, 7) is 10.2. The molecule has 0 saturated carbocycles. The van der Waals surface area contributed by atoms with Gasteiger partial charge >= 0.3 is 0 Å². The summed E-state index contributed by atoms with van der Waals surface area (Å²) < 4.78 is 137. The monoisotopic (exact) mass is 829 g/mol. The van der Waals surface area contributed by atoms with Gasteiger partial charge in [-0.1, -0.05) is 56.0 Å². The van der Waals surface area contributed by atoms with Crippen molar-refractivity contribution in [2.75, 3.05) is 36.7 Å². The molecule has 4 N–H and O–H groups in total. The number of hydrogen-bond donors (Lipinski definition) is 4. The third kappa shape index (κ3) is 11.8. The number of hydrogen-bond acceptors (Lipinski definition) is 10. The molecule has 18 heteroatoms. The van der Waals surface area contributed by atoms with Crippen LogP contribution in [0.5, 0.6) is 0 Å². The van der Waals surface area contributed by atoms with Crippen molar-refractivity contribution in [2.24, 2.45) is 0 Å². The van der Waals surface area contributed by atoms with Gasteiger partial charge < -0.3 is 9.64 Å². The van der Waals surface area contributed by atoms with Crippen LogP contribution in [0.3, 0.4) is 0 Å². The van der Waals surface area contributed by atoms with E-state index in [-0.39, 0.29) is 35.5 Å². The second kappa shape index (κ2) is 17.6. The van der Waals surface area contributed by atoms with Crippen molar-refractivity contribution in [3.05, 3.63) is 113 Å². The molecular weight excluding hydrogens is 783 g/mol. The van der Waals surface area contributed by atoms with E-state index in [9.17, 15) is 51.9 Å². The lowest BCUT2D eigenvalue weighted by atomic mass is 9.71. The molecule has 0 radical (unpaired) electrons. The molecular formula is C36H47NO13S4. The van der Waals surface area contributed by atoms with Crippen LogP contribution in [0.15, 0.2) is 107 Å². The topological polar surface area (TPSA) is 230 Å². The van der Waals surface area contributed by atoms with Crippen molar-refractivity contribution in [3.63, 3.8) is 0 Å². The number of benzene rings is 2. The van der Waals surface area contributed by atoms with Crippen LogP contribution in [0.1, 0.15) is 56.2 Å². The number of anilines is 1. The first-order valence-electron chi connectivity index (χ1n) is 16.6. The van der Waals surface area contributed by atoms with Crippen molar-refractivity contribution in [1.29, 1.82) is 0 Å². The number of ether oxygens (including phenoxy) is 1. The van der Waals surface area contributed by atoms with Crippen LogP contribution in [0.4, 0.5) is 5.69 Å². The van der Waals surface area contributed by atoms with Crippen molar-refractivity contribution in [1.82, 2.24) is 0 Å². The van der Waals surface area contributed by atoms with E-state index < -0.39 is 62.8 Å². The number of rotatable bonds is 19. The molecule has 54 heavy (non-hydrogen) atoms. The molecule has 0 saturated heterocycles. The first kappa shape index (κ1) is 44.9. The minimum Gasteiger partial charge on any atom is -0.383 e. The lowest BCUT2D eigenvalue weighted by molar-refractivity contribution is 0.206. The van der Waals surface area contributed by atoms with Crippen LogP contribution in [-0.4, -0.2) is 83.6 Å². The summed E-state index contributed by atoms with van der Waals surface area (Å²) in [5.74, 6) is -1.03. The van der Waals surface area contributed by atoms with Gasteiger partial charge in [-0.25, -0.2) is 0 Å². The van der Waals surface area contributed by atoms with Crippen molar-refractivity contribution < 1.29 is 56.6 Å². The molecule has 3 rings (SSSR count). The summed E-state index contributed by atoms with van der Waals surface area (Å²) in [5.41, 5.74) is 1.59. The Morgan fingerprint density at radius 2 is 1.39 bits per heavy atom. The number of allylic oxidation sites excluding steroid dienone is 9. The van der Waals surface area contributed by atoms with Crippen molar-refractivity contribution >= 4 is 46.2 Å². The Morgan fingerprint density at radius 3 is 1.98 bits per heavy atom. The highest BCUT2D eigenvalue weighted by atomic mass is 32.2. The van der Waals surface area contributed by atoms with E-state index in [1.807, 2.05) is 11.8 Å². The summed E-state index contributed by atoms with van der Waals surface area (Å²) in [4.78, 5) is 1.26. The van der Waals surface area contributed by atoms with Gasteiger partial charge in [0.15, 0.2) is 0 Å². The zero-order chi connectivity index (χ0) is 40.8. The van der Waals surface area contributed by atoms with E-state index in [0.717, 1.165) is 0 Å². The van der Waals surface area contributed by atoms with Gasteiger partial charge in [-0.2, -0.15) is 33.7 Å². The van der Waals surface area contributed by atoms with Gasteiger partial charge in [-0.05, 0) is 98.2 Å². The molecule has 0 amide bonds. The number of fused-ring (bicyclic) bond motifs is 1. The third-order valence-electron chi connectivity index (χ3n) is 9.49. The second-order valence-electron chi connectivity index (χ2n) is 13.4. The molecule has 0 bridgehead atoms. The Morgan fingerprint density at radius 1 is 0.833 bits per heavy atom. The molecule has 2 atom stereocenters. The molecule has 0 aliphatic carbocycles. The van der Waals surface area contributed by atoms with E-state index in [2.05, 4.69) is 6.58 Å². The van der Waals surface area contributed by atoms with Crippen molar-refractivity contribution in [3.8, 4) is 0 Å². The molecule has 2 aromatic carbocycles. The van der Waals surface area contributed by atoms with Crippen LogP contribution in [-0.2, 0) is 56.0 Å². The summed E-state index contributed by atoms with van der Waals surface area (Å²) in [7, 11) is -16.1. The van der Waals surface area contributed by atoms with Crippen LogP contribution >= 0.6 is 0 Å². The smallest absolute Gasteiger partial charge is 0.294 e. The predicted molar refractivity (Wildman–Crippen MR) is 207 cm³/mol. The largest absolute Gasteiger partial charge is 0.383 e. The van der Waals surface area contributed by atoms with E-state index in [0.29, 0.717) is 46.8 Å². The summed E-state index contributed by atoms with van der Waals surface area (Å²) in [5, 5.41) is 0. The Kier molecular flexibility index (Phi) is 14.6. The van der Waals surface area contributed by atoms with Gasteiger partial charge in [0.05, 0.1) is 27.9 Å². The fourth-order valence-electron chi connectivity index (χ4n) is 6.61. The lowest BCUT2D eigenvalue weighted by Gasteiger charge is -2.33. The minimum atomic E-state index is -4.56. The quantitative estimate of drug-likeness (QED) is 0.0996. The van der Waals surface area contributed by atoms with E-state index in [1.54, 1.807) is 62.4 Å². The fourth-order valence-corrected chi connectivity index (χ4v) is 8.65. The molecule has 1 aliphatic heterocycles. The van der Waals surface area contributed by atoms with E-state index in [4.69, 9.17) is 4.74 Å². The first-order valence-corrected chi connectivity index (χ1v) is 22.7. The zero-order valence-electron chi connectivity index (χ0n) is 30.4. The molecule has 2 aromatic rings. The molecule has 1 aliphatic rings. The molecule has 0 spiro atoms. The maximum absolute atomic E-state index is 12.0. The predicted octanol–water partition coefficient (Wildman–Crippen LogP) is 5.62. The highest BCUT2D eigenvalue weighted by molar-refractivity contribution is 7.86. The summed E-state index contributed by atoms with van der Waals surface area (Å²) >= 11 is 0. The number of aryl methyl sites for hydroxylation is 1. The van der Waals surface area contributed by atoms with E-state index >= 15 is 0 Å². The fraction of sp³-hybridized carbons (Fsp3) is 0.389. The molecule has 0 fully saturated rings. The average molecular weight is 830 g/mol. The minimum absolute atomic E-state index is 0.0299. The second-order valence-corrected chi connectivity index (χ2v) is 19.4. The van der Waals surface area contributed by atoms with Crippen LogP contribution in [0.25, 0.3) is 0 Å². The Balaban J connectivity index is 1.97. The van der Waals surface area contributed by atoms with E-state index in [1.165, 1.54) is 37.4 Å². The van der Waals surface area contributed by atoms with Gasteiger partial charge in [-0.15, -0.1) is 0 Å². The van der Waals surface area contributed by atoms with Crippen LogP contribution in [0, 0.1) is 6.92 Å². The Bertz CT molecular complexity index is 2290. The molecule has 14 nitrogen and oxygen atoms in total. The van der Waals surface area contributed by atoms with Gasteiger partial charge in [0.25, 0.3) is 40.5 Å². The third-order valence-corrected chi connectivity index (χ3v) is 12.8. The standard InChI is InChI=1S/C36H47NO13S4/c1-27-15-16-29(53(44,45)46)25-31(27)35(3,19-11-23-51(38,39)40)28(2)13-9-7-6-8-10-14-34-36(4,20-12-24-52(41,42)43)32-26-30(54(47,48)49)17-18-33(32)37(34)21-22-50-5/h6-10,13-18,25-26H,2,11-12,19-24H2,1,3-5H3,(H,38,39,40)(H,41,42,43)(H,44,45,46)(H,47,48,49)/b7-6+,10-8+,13-9+,34-14+. The van der Waals surface area contributed by atoms with Crippen molar-refractivity contribution in [2.45, 2.75) is 67.1 Å². The summed E-state index contributed by atoms with van der Waals surface area (Å²) in [6.07, 6.45) is 12.4. The maximum Gasteiger partial charge on any atom is 0.294 e. The number of methoxy groups -OCH3 is 1. The Hall–Kier alpha value is -3.46. The maximum atomic E-state index is 12.0. The van der Waals surface area contributed by atoms with Gasteiger partial charge in [0.1, 0.15) is 0 Å². The zero-order valence-corrected chi connectivity index (χ0v) is 33.7. The van der Waals surface area contributed by atoms with Gasteiger partial charge in [0, 0.05) is 35.9 Å². The molecule has 1 heterocycles. The molecule has 298 valence electrons. The highest BCUT2D eigenvalue weighted by Gasteiger charge is 2.43. The Labute approximate surface area is 318 Å². The van der Waals surface area contributed by atoms with Gasteiger partial charge in [-0.3, -0.25) is 18.2 Å². The lowest BCUT2D eigenvalue weighted by Crippen LogP contribution is -2.31. The normalized spacial score (nSPS) is 19.0. The highest BCUT2D eigenvalue weighted by Crippen LogP contribution is 2.51. The summed E-state index contributed by atoms with van der Waals surface area (Å²) in [6, 6.07) is 8.31.